The van der Waals surface area contributed by atoms with Gasteiger partial charge in [-0.05, 0) is 68.0 Å². The van der Waals surface area contributed by atoms with E-state index < -0.39 is 5.97 Å². The van der Waals surface area contributed by atoms with Crippen LogP contribution < -0.4 is 14.2 Å². The fourth-order valence-corrected chi connectivity index (χ4v) is 3.71. The number of carbonyl (C=O) groups excluding carboxylic acids is 2. The Morgan fingerprint density at radius 2 is 1.85 bits per heavy atom. The third-order valence-corrected chi connectivity index (χ3v) is 5.21. The third kappa shape index (κ3) is 3.85. The molecule has 2 aromatic carbocycles. The van der Waals surface area contributed by atoms with Crippen LogP contribution in [0.4, 0.5) is 0 Å². The molecule has 0 unspecified atom stereocenters. The van der Waals surface area contributed by atoms with Crippen molar-refractivity contribution in [3.05, 3.63) is 89.1 Å². The van der Waals surface area contributed by atoms with Gasteiger partial charge in [-0.25, -0.2) is 4.79 Å². The van der Waals surface area contributed by atoms with Crippen LogP contribution in [0.1, 0.15) is 39.0 Å². The van der Waals surface area contributed by atoms with Gasteiger partial charge in [-0.3, -0.25) is 9.78 Å². The van der Waals surface area contributed by atoms with E-state index in [4.69, 9.17) is 18.6 Å². The molecule has 0 spiro atoms. The molecule has 4 aromatic rings. The number of fused-ring (bicyclic) bond motifs is 2. The summed E-state index contributed by atoms with van der Waals surface area (Å²) in [6, 6.07) is 13.5. The summed E-state index contributed by atoms with van der Waals surface area (Å²) in [6.45, 7) is 4.10. The first-order chi connectivity index (χ1) is 16.0. The van der Waals surface area contributed by atoms with Gasteiger partial charge in [-0.2, -0.15) is 0 Å². The zero-order valence-electron chi connectivity index (χ0n) is 18.0. The van der Waals surface area contributed by atoms with Crippen molar-refractivity contribution in [3.63, 3.8) is 0 Å². The van der Waals surface area contributed by atoms with Crippen LogP contribution in [0.15, 0.2) is 71.1 Å². The second-order valence-electron chi connectivity index (χ2n) is 7.39. The SMILES string of the molecule is CCOc1ccc2oc(C)c(C(=O)Oc3ccc4c(c3)OC(=Cc3ccncc3)C4=O)c2c1. The average molecular weight is 441 g/mol. The molecule has 0 atom stereocenters. The molecule has 0 N–H and O–H groups in total. The number of hydrogen-bond acceptors (Lipinski definition) is 7. The van der Waals surface area contributed by atoms with Crippen molar-refractivity contribution < 1.29 is 28.2 Å². The average Bonchev–Trinajstić information content (AvgIpc) is 3.30. The number of furan rings is 1. The van der Waals surface area contributed by atoms with Gasteiger partial charge in [0.1, 0.15) is 34.2 Å². The van der Waals surface area contributed by atoms with E-state index in [1.54, 1.807) is 67.9 Å². The van der Waals surface area contributed by atoms with Gasteiger partial charge in [0.15, 0.2) is 5.76 Å². The number of allylic oxidation sites excluding steroid dienone is 1. The first-order valence-corrected chi connectivity index (χ1v) is 10.4. The van der Waals surface area contributed by atoms with Crippen LogP contribution in [0.2, 0.25) is 0 Å². The highest BCUT2D eigenvalue weighted by atomic mass is 16.5. The largest absolute Gasteiger partial charge is 0.494 e. The molecule has 0 aliphatic carbocycles. The third-order valence-electron chi connectivity index (χ3n) is 5.21. The van der Waals surface area contributed by atoms with Gasteiger partial charge in [0, 0.05) is 23.8 Å². The van der Waals surface area contributed by atoms with Crippen molar-refractivity contribution in [3.8, 4) is 17.2 Å². The molecule has 5 rings (SSSR count). The number of ketones is 1. The number of benzene rings is 2. The fourth-order valence-electron chi connectivity index (χ4n) is 3.71. The van der Waals surface area contributed by atoms with Gasteiger partial charge in [-0.1, -0.05) is 0 Å². The number of aromatic nitrogens is 1. The van der Waals surface area contributed by atoms with Gasteiger partial charge >= 0.3 is 5.97 Å². The Labute approximate surface area is 189 Å². The molecule has 1 aliphatic rings. The van der Waals surface area contributed by atoms with Gasteiger partial charge < -0.3 is 18.6 Å². The Morgan fingerprint density at radius 1 is 1.06 bits per heavy atom. The number of rotatable bonds is 5. The molecule has 1 aliphatic heterocycles. The molecule has 0 radical (unpaired) electrons. The zero-order valence-corrected chi connectivity index (χ0v) is 18.0. The standard InChI is InChI=1S/C26H19NO6/c1-3-30-17-5-7-21-20(13-17)24(15(2)31-21)26(29)32-18-4-6-19-22(14-18)33-23(25(19)28)12-16-8-10-27-11-9-16/h4-14H,3H2,1-2H3. The zero-order chi connectivity index (χ0) is 22.9. The summed E-state index contributed by atoms with van der Waals surface area (Å²) in [4.78, 5) is 29.6. The summed E-state index contributed by atoms with van der Waals surface area (Å²) in [7, 11) is 0. The molecule has 33 heavy (non-hydrogen) atoms. The highest BCUT2D eigenvalue weighted by Gasteiger charge is 2.28. The molecular formula is C26H19NO6. The number of pyridine rings is 1. The monoisotopic (exact) mass is 441 g/mol. The van der Waals surface area contributed by atoms with Gasteiger partial charge in [0.2, 0.25) is 5.78 Å². The Bertz CT molecular complexity index is 1420. The number of Topliss-reactive ketones (excluding diaryl/α,β-unsaturated/α-hetero) is 1. The van der Waals surface area contributed by atoms with Crippen LogP contribution in [-0.2, 0) is 0 Å². The summed E-state index contributed by atoms with van der Waals surface area (Å²) in [6.07, 6.45) is 4.91. The molecule has 0 bridgehead atoms. The number of carbonyl (C=O) groups is 2. The van der Waals surface area contributed by atoms with E-state index in [2.05, 4.69) is 4.98 Å². The Kier molecular flexibility index (Phi) is 5.14. The molecule has 164 valence electrons. The minimum atomic E-state index is -0.572. The van der Waals surface area contributed by atoms with E-state index >= 15 is 0 Å². The van der Waals surface area contributed by atoms with Crippen molar-refractivity contribution in [2.24, 2.45) is 0 Å². The number of aryl methyl sites for hydroxylation is 1. The number of ether oxygens (including phenoxy) is 3. The minimum Gasteiger partial charge on any atom is -0.494 e. The van der Waals surface area contributed by atoms with Gasteiger partial charge in [0.25, 0.3) is 0 Å². The van der Waals surface area contributed by atoms with Crippen LogP contribution in [-0.4, -0.2) is 23.3 Å². The lowest BCUT2D eigenvalue weighted by Gasteiger charge is -2.06. The van der Waals surface area contributed by atoms with Crippen LogP contribution in [0.25, 0.3) is 17.0 Å². The maximum atomic E-state index is 13.0. The molecular weight excluding hydrogens is 422 g/mol. The molecule has 0 saturated heterocycles. The van der Waals surface area contributed by atoms with E-state index in [-0.39, 0.29) is 17.3 Å². The van der Waals surface area contributed by atoms with Crippen LogP contribution >= 0.6 is 0 Å². The number of esters is 1. The van der Waals surface area contributed by atoms with Crippen LogP contribution in [0.3, 0.4) is 0 Å². The Balaban J connectivity index is 1.41. The van der Waals surface area contributed by atoms with E-state index in [0.29, 0.717) is 46.0 Å². The van der Waals surface area contributed by atoms with E-state index in [1.165, 1.54) is 6.07 Å². The predicted octanol–water partition coefficient (Wildman–Crippen LogP) is 5.37. The number of hydrogen-bond donors (Lipinski definition) is 0. The highest BCUT2D eigenvalue weighted by molar-refractivity contribution is 6.14. The van der Waals surface area contributed by atoms with Crippen molar-refractivity contribution in [2.75, 3.05) is 6.61 Å². The van der Waals surface area contributed by atoms with Crippen molar-refractivity contribution in [2.45, 2.75) is 13.8 Å². The topological polar surface area (TPSA) is 87.9 Å². The Hall–Kier alpha value is -4.39. The summed E-state index contributed by atoms with van der Waals surface area (Å²) in [5.41, 5.74) is 2.09. The maximum Gasteiger partial charge on any atom is 0.347 e. The molecule has 0 amide bonds. The second kappa shape index (κ2) is 8.27. The van der Waals surface area contributed by atoms with Crippen molar-refractivity contribution >= 4 is 28.8 Å². The fraction of sp³-hybridized carbons (Fsp3) is 0.115. The van der Waals surface area contributed by atoms with E-state index in [1.807, 2.05) is 6.92 Å². The van der Waals surface area contributed by atoms with E-state index in [9.17, 15) is 9.59 Å². The quantitative estimate of drug-likeness (QED) is 0.234. The van der Waals surface area contributed by atoms with Gasteiger partial charge in [0.05, 0.1) is 12.2 Å². The molecule has 0 saturated carbocycles. The van der Waals surface area contributed by atoms with Crippen molar-refractivity contribution in [1.82, 2.24) is 4.98 Å². The predicted molar refractivity (Wildman–Crippen MR) is 121 cm³/mol. The summed E-state index contributed by atoms with van der Waals surface area (Å²) in [5.74, 6) is 1.05. The van der Waals surface area contributed by atoms with Gasteiger partial charge in [-0.15, -0.1) is 0 Å². The normalized spacial score (nSPS) is 13.8. The smallest absolute Gasteiger partial charge is 0.347 e. The molecule has 0 fully saturated rings. The molecule has 2 aromatic heterocycles. The van der Waals surface area contributed by atoms with Crippen LogP contribution in [0, 0.1) is 6.92 Å². The van der Waals surface area contributed by atoms with E-state index in [0.717, 1.165) is 5.56 Å². The lowest BCUT2D eigenvalue weighted by molar-refractivity contribution is 0.0734. The number of nitrogens with zero attached hydrogens (tertiary/aromatic N) is 1. The lowest BCUT2D eigenvalue weighted by atomic mass is 10.1. The van der Waals surface area contributed by atoms with Crippen LogP contribution in [0.5, 0.6) is 17.2 Å². The molecule has 3 heterocycles. The summed E-state index contributed by atoms with van der Waals surface area (Å²) < 4.78 is 22.6. The highest BCUT2D eigenvalue weighted by Crippen LogP contribution is 2.36. The summed E-state index contributed by atoms with van der Waals surface area (Å²) >= 11 is 0. The Morgan fingerprint density at radius 3 is 2.64 bits per heavy atom. The second-order valence-corrected chi connectivity index (χ2v) is 7.39. The molecule has 7 nitrogen and oxygen atoms in total. The minimum absolute atomic E-state index is 0.194. The maximum absolute atomic E-state index is 13.0. The lowest BCUT2D eigenvalue weighted by Crippen LogP contribution is -2.09. The van der Waals surface area contributed by atoms with Crippen molar-refractivity contribution in [1.29, 1.82) is 0 Å². The first-order valence-electron chi connectivity index (χ1n) is 10.4. The first kappa shape index (κ1) is 20.5. The summed E-state index contributed by atoms with van der Waals surface area (Å²) in [5, 5.41) is 0.610. The molecule has 7 heteroatoms.